The quantitative estimate of drug-likeness (QED) is 0.576. The summed E-state index contributed by atoms with van der Waals surface area (Å²) < 4.78 is 6.99. The summed E-state index contributed by atoms with van der Waals surface area (Å²) in [7, 11) is 0. The molecule has 0 aromatic carbocycles. The fourth-order valence-electron chi connectivity index (χ4n) is 4.47. The molecule has 0 unspecified atom stereocenters. The third-order valence-corrected chi connectivity index (χ3v) is 6.39. The van der Waals surface area contributed by atoms with Crippen LogP contribution >= 0.6 is 0 Å². The van der Waals surface area contributed by atoms with E-state index in [0.29, 0.717) is 17.9 Å². The third-order valence-electron chi connectivity index (χ3n) is 6.39. The number of nitrogens with zero attached hydrogens (tertiary/aromatic N) is 9. The van der Waals surface area contributed by atoms with Crippen LogP contribution in [0.25, 0.3) is 5.69 Å². The van der Waals surface area contributed by atoms with Crippen LogP contribution in [0.1, 0.15) is 51.3 Å². The van der Waals surface area contributed by atoms with Gasteiger partial charge in [0, 0.05) is 25.6 Å². The summed E-state index contributed by atoms with van der Waals surface area (Å²) in [6.45, 7) is 7.08. The molecule has 2 atom stereocenters. The molecule has 164 valence electrons. The summed E-state index contributed by atoms with van der Waals surface area (Å²) in [5, 5.41) is 18.5. The highest BCUT2D eigenvalue weighted by atomic mass is 16.5. The Kier molecular flexibility index (Phi) is 5.47. The van der Waals surface area contributed by atoms with E-state index >= 15 is 0 Å². The van der Waals surface area contributed by atoms with Gasteiger partial charge in [-0.25, -0.2) is 9.97 Å². The van der Waals surface area contributed by atoms with Crippen molar-refractivity contribution in [2.75, 3.05) is 29.9 Å². The topological polar surface area (TPSA) is 124 Å². The van der Waals surface area contributed by atoms with Crippen LogP contribution in [0, 0.1) is 17.8 Å². The molecule has 3 aromatic heterocycles. The number of hydrogen-bond donors (Lipinski definition) is 1. The molecule has 1 saturated carbocycles. The molecule has 1 N–H and O–H groups in total. The fourth-order valence-corrected chi connectivity index (χ4v) is 4.47. The summed E-state index contributed by atoms with van der Waals surface area (Å²) >= 11 is 0. The lowest BCUT2D eigenvalue weighted by Gasteiger charge is -2.30. The van der Waals surface area contributed by atoms with E-state index in [4.69, 9.17) is 4.52 Å². The fraction of sp³-hybridized carbons (Fsp3) is 0.650. The van der Waals surface area contributed by atoms with E-state index in [-0.39, 0.29) is 0 Å². The molecular formula is C20H28N10O. The molecule has 2 fully saturated rings. The molecule has 0 amide bonds. The van der Waals surface area contributed by atoms with Crippen LogP contribution in [0.2, 0.25) is 0 Å². The lowest BCUT2D eigenvalue weighted by molar-refractivity contribution is 0.325. The Morgan fingerprint density at radius 3 is 2.68 bits per heavy atom. The lowest BCUT2D eigenvalue weighted by atomic mass is 9.90. The van der Waals surface area contributed by atoms with Gasteiger partial charge in [0.1, 0.15) is 12.0 Å². The summed E-state index contributed by atoms with van der Waals surface area (Å²) in [5.41, 5.74) is 0.741. The smallest absolute Gasteiger partial charge is 0.324 e. The maximum absolute atomic E-state index is 5.46. The molecule has 2 aliphatic rings. The third kappa shape index (κ3) is 4.49. The van der Waals surface area contributed by atoms with Crippen molar-refractivity contribution in [1.82, 2.24) is 40.3 Å². The van der Waals surface area contributed by atoms with Crippen LogP contribution in [0.3, 0.4) is 0 Å². The second kappa shape index (κ2) is 8.56. The molecule has 0 bridgehead atoms. The highest BCUT2D eigenvalue weighted by Gasteiger charge is 2.43. The zero-order valence-electron chi connectivity index (χ0n) is 17.9. The summed E-state index contributed by atoms with van der Waals surface area (Å²) in [6.07, 6.45) is 9.85. The maximum atomic E-state index is 5.46. The van der Waals surface area contributed by atoms with Gasteiger partial charge >= 0.3 is 6.01 Å². The van der Waals surface area contributed by atoms with Crippen molar-refractivity contribution >= 4 is 12.0 Å². The Morgan fingerprint density at radius 1 is 1.19 bits per heavy atom. The van der Waals surface area contributed by atoms with Gasteiger partial charge in [-0.2, -0.15) is 9.67 Å². The second-order valence-corrected chi connectivity index (χ2v) is 8.81. The molecule has 0 radical (unpaired) electrons. The normalized spacial score (nSPS) is 21.6. The van der Waals surface area contributed by atoms with E-state index in [2.05, 4.69) is 59.7 Å². The van der Waals surface area contributed by atoms with Crippen LogP contribution in [0.5, 0.6) is 0 Å². The first kappa shape index (κ1) is 19.8. The van der Waals surface area contributed by atoms with Crippen molar-refractivity contribution in [3.63, 3.8) is 0 Å². The molecule has 4 heterocycles. The maximum Gasteiger partial charge on any atom is 0.324 e. The SMILES string of the molecule is CC(C)c1noc(N2CCC([C@@H]3C[C@H]3CCNc3ncc(-n4cnnn4)cn3)CC2)n1. The Balaban J connectivity index is 1.03. The average Bonchev–Trinajstić information content (AvgIpc) is 3.19. The minimum absolute atomic E-state index is 0.296. The molecule has 11 nitrogen and oxygen atoms in total. The summed E-state index contributed by atoms with van der Waals surface area (Å²) in [4.78, 5) is 15.5. The Hall–Kier alpha value is -3.11. The van der Waals surface area contributed by atoms with Gasteiger partial charge in [-0.1, -0.05) is 19.0 Å². The standard InChI is InChI=1S/C20H28N10O/c1-13(2)18-25-20(31-26-18)29-7-4-14(5-8-29)17-9-15(17)3-6-21-19-22-10-16(11-23-19)30-12-24-27-28-30/h10-15,17H,3-9H2,1-2H3,(H,21,22,23)/t15-,17+/m1/s1. The molecule has 1 saturated heterocycles. The molecule has 1 aliphatic carbocycles. The van der Waals surface area contributed by atoms with Crippen molar-refractivity contribution in [3.05, 3.63) is 24.5 Å². The predicted molar refractivity (Wildman–Crippen MR) is 113 cm³/mol. The largest absolute Gasteiger partial charge is 0.354 e. The number of aromatic nitrogens is 8. The van der Waals surface area contributed by atoms with Crippen LogP contribution < -0.4 is 10.2 Å². The van der Waals surface area contributed by atoms with E-state index in [1.165, 1.54) is 30.3 Å². The Bertz CT molecular complexity index is 962. The van der Waals surface area contributed by atoms with Gasteiger partial charge in [0.2, 0.25) is 5.95 Å². The first-order valence-corrected chi connectivity index (χ1v) is 11.0. The molecular weight excluding hydrogens is 396 g/mol. The van der Waals surface area contributed by atoms with Gasteiger partial charge in [-0.05, 0) is 53.9 Å². The molecule has 3 aromatic rings. The van der Waals surface area contributed by atoms with Crippen LogP contribution in [-0.2, 0) is 0 Å². The van der Waals surface area contributed by atoms with Gasteiger partial charge in [0.05, 0.1) is 12.4 Å². The molecule has 5 rings (SSSR count). The number of nitrogens with one attached hydrogen (secondary N) is 1. The monoisotopic (exact) mass is 424 g/mol. The molecule has 11 heteroatoms. The number of tetrazole rings is 1. The van der Waals surface area contributed by atoms with E-state index in [1.54, 1.807) is 12.4 Å². The van der Waals surface area contributed by atoms with Crippen molar-refractivity contribution in [2.45, 2.75) is 45.4 Å². The highest BCUT2D eigenvalue weighted by Crippen LogP contribution is 2.49. The first-order valence-electron chi connectivity index (χ1n) is 11.0. The van der Waals surface area contributed by atoms with Crippen molar-refractivity contribution in [2.24, 2.45) is 17.8 Å². The summed E-state index contributed by atoms with van der Waals surface area (Å²) in [5.74, 6) is 4.19. The second-order valence-electron chi connectivity index (χ2n) is 8.81. The Morgan fingerprint density at radius 2 is 2.00 bits per heavy atom. The van der Waals surface area contributed by atoms with Gasteiger partial charge in [0.15, 0.2) is 5.82 Å². The lowest BCUT2D eigenvalue weighted by Crippen LogP contribution is -2.34. The zero-order chi connectivity index (χ0) is 21.2. The van der Waals surface area contributed by atoms with Gasteiger partial charge in [-0.3, -0.25) is 0 Å². The van der Waals surface area contributed by atoms with E-state index in [0.717, 1.165) is 55.3 Å². The van der Waals surface area contributed by atoms with Crippen molar-refractivity contribution in [3.8, 4) is 5.69 Å². The number of rotatable bonds is 8. The molecule has 31 heavy (non-hydrogen) atoms. The van der Waals surface area contributed by atoms with Crippen LogP contribution in [0.15, 0.2) is 23.2 Å². The van der Waals surface area contributed by atoms with Gasteiger partial charge in [0.25, 0.3) is 0 Å². The van der Waals surface area contributed by atoms with Crippen LogP contribution in [0.4, 0.5) is 12.0 Å². The zero-order valence-corrected chi connectivity index (χ0v) is 17.9. The number of hydrogen-bond acceptors (Lipinski definition) is 10. The van der Waals surface area contributed by atoms with Crippen LogP contribution in [-0.4, -0.2) is 60.0 Å². The highest BCUT2D eigenvalue weighted by molar-refractivity contribution is 5.31. The summed E-state index contributed by atoms with van der Waals surface area (Å²) in [6, 6.07) is 0.685. The molecule has 0 spiro atoms. The van der Waals surface area contributed by atoms with Gasteiger partial charge < -0.3 is 14.7 Å². The van der Waals surface area contributed by atoms with Crippen molar-refractivity contribution in [1.29, 1.82) is 0 Å². The van der Waals surface area contributed by atoms with Crippen molar-refractivity contribution < 1.29 is 4.52 Å². The molecule has 1 aliphatic heterocycles. The van der Waals surface area contributed by atoms with Gasteiger partial charge in [-0.15, -0.1) is 5.10 Å². The van der Waals surface area contributed by atoms with E-state index in [1.807, 2.05) is 0 Å². The predicted octanol–water partition coefficient (Wildman–Crippen LogP) is 2.31. The first-order chi connectivity index (χ1) is 15.2. The number of anilines is 2. The average molecular weight is 425 g/mol. The van der Waals surface area contributed by atoms with E-state index < -0.39 is 0 Å². The minimum Gasteiger partial charge on any atom is -0.354 e. The number of piperidine rings is 1. The van der Waals surface area contributed by atoms with E-state index in [9.17, 15) is 0 Å². The Labute approximate surface area is 180 Å². The minimum atomic E-state index is 0.296.